The zero-order chi connectivity index (χ0) is 19.0. The summed E-state index contributed by atoms with van der Waals surface area (Å²) in [5.74, 6) is -1.03. The molecule has 0 spiro atoms. The zero-order valence-electron chi connectivity index (χ0n) is 15.1. The number of benzene rings is 3. The van der Waals surface area contributed by atoms with Crippen molar-refractivity contribution in [2.24, 2.45) is 11.8 Å². The molecule has 2 amide bonds. The van der Waals surface area contributed by atoms with Gasteiger partial charge in [0, 0.05) is 17.5 Å². The van der Waals surface area contributed by atoms with Gasteiger partial charge in [0.2, 0.25) is 11.8 Å². The van der Waals surface area contributed by atoms with Gasteiger partial charge >= 0.3 is 0 Å². The Kier molecular flexibility index (Phi) is 2.97. The van der Waals surface area contributed by atoms with E-state index >= 15 is 0 Å². The van der Waals surface area contributed by atoms with E-state index in [9.17, 15) is 9.59 Å². The minimum atomic E-state index is -0.347. The minimum absolute atomic E-state index is 0.0716. The van der Waals surface area contributed by atoms with Crippen LogP contribution in [0, 0.1) is 11.8 Å². The molecule has 0 saturated carbocycles. The lowest BCUT2D eigenvalue weighted by molar-refractivity contribution is -0.122. The van der Waals surface area contributed by atoms with Crippen LogP contribution in [0.1, 0.15) is 34.1 Å². The molecule has 3 aliphatic carbocycles. The molecule has 136 valence electrons. The van der Waals surface area contributed by atoms with E-state index in [1.165, 1.54) is 27.2 Å². The van der Waals surface area contributed by atoms with Gasteiger partial charge in [-0.25, -0.2) is 4.90 Å². The molecule has 1 saturated heterocycles. The molecule has 2 bridgehead atoms. The normalized spacial score (nSPS) is 26.8. The van der Waals surface area contributed by atoms with E-state index in [0.29, 0.717) is 11.4 Å². The van der Waals surface area contributed by atoms with Crippen molar-refractivity contribution in [2.75, 3.05) is 10.6 Å². The fraction of sp³-hybridized carbons (Fsp3) is 0.167. The number of carbonyl (C=O) groups is 2. The molecule has 4 nitrogen and oxygen atoms in total. The van der Waals surface area contributed by atoms with Crippen LogP contribution in [0.2, 0.25) is 0 Å². The van der Waals surface area contributed by atoms with Crippen LogP contribution in [0.4, 0.5) is 11.4 Å². The smallest absolute Gasteiger partial charge is 0.238 e. The number of nitrogens with zero attached hydrogens (tertiary/aromatic N) is 1. The molecular weight excluding hydrogens is 348 g/mol. The van der Waals surface area contributed by atoms with Crippen molar-refractivity contribution >= 4 is 23.2 Å². The largest absolute Gasteiger partial charge is 0.399 e. The van der Waals surface area contributed by atoms with Crippen molar-refractivity contribution in [3.8, 4) is 0 Å². The zero-order valence-corrected chi connectivity index (χ0v) is 15.1. The lowest BCUT2D eigenvalue weighted by Crippen LogP contribution is -2.41. The van der Waals surface area contributed by atoms with Crippen LogP contribution in [-0.4, -0.2) is 11.8 Å². The maximum atomic E-state index is 13.5. The Morgan fingerprint density at radius 1 is 0.607 bits per heavy atom. The van der Waals surface area contributed by atoms with Crippen LogP contribution >= 0.6 is 0 Å². The highest BCUT2D eigenvalue weighted by atomic mass is 16.2. The van der Waals surface area contributed by atoms with Gasteiger partial charge in [0.1, 0.15) is 0 Å². The van der Waals surface area contributed by atoms with E-state index < -0.39 is 0 Å². The molecule has 1 aliphatic heterocycles. The number of rotatable bonds is 1. The van der Waals surface area contributed by atoms with Crippen molar-refractivity contribution in [3.05, 3.63) is 95.1 Å². The Labute approximate surface area is 162 Å². The summed E-state index contributed by atoms with van der Waals surface area (Å²) >= 11 is 0. The summed E-state index contributed by atoms with van der Waals surface area (Å²) in [6.45, 7) is 0. The van der Waals surface area contributed by atoms with Crippen LogP contribution < -0.4 is 10.6 Å². The van der Waals surface area contributed by atoms with Crippen LogP contribution in [0.15, 0.2) is 72.8 Å². The van der Waals surface area contributed by atoms with Crippen molar-refractivity contribution in [3.63, 3.8) is 0 Å². The number of hydrogen-bond acceptors (Lipinski definition) is 3. The van der Waals surface area contributed by atoms with E-state index in [2.05, 4.69) is 24.3 Å². The third-order valence-corrected chi connectivity index (χ3v) is 6.60. The van der Waals surface area contributed by atoms with Gasteiger partial charge < -0.3 is 5.73 Å². The second-order valence-corrected chi connectivity index (χ2v) is 7.87. The molecule has 2 atom stereocenters. The summed E-state index contributed by atoms with van der Waals surface area (Å²) in [5.41, 5.74) is 11.8. The summed E-state index contributed by atoms with van der Waals surface area (Å²) < 4.78 is 0. The number of nitrogen functional groups attached to an aromatic ring is 1. The number of nitrogens with two attached hydrogens (primary N) is 1. The third-order valence-electron chi connectivity index (χ3n) is 6.60. The molecular formula is C24H18N2O2. The number of hydrogen-bond donors (Lipinski definition) is 1. The number of carbonyl (C=O) groups excluding carboxylic acids is 2. The predicted octanol–water partition coefficient (Wildman–Crippen LogP) is 3.67. The van der Waals surface area contributed by atoms with Gasteiger partial charge in [0.25, 0.3) is 0 Å². The van der Waals surface area contributed by atoms with Crippen molar-refractivity contribution in [1.82, 2.24) is 0 Å². The second-order valence-electron chi connectivity index (χ2n) is 7.87. The molecule has 1 heterocycles. The third kappa shape index (κ3) is 1.80. The molecule has 2 N–H and O–H groups in total. The summed E-state index contributed by atoms with van der Waals surface area (Å²) in [6.07, 6.45) is 0. The van der Waals surface area contributed by atoms with Gasteiger partial charge in [-0.2, -0.15) is 0 Å². The predicted molar refractivity (Wildman–Crippen MR) is 107 cm³/mol. The van der Waals surface area contributed by atoms with Crippen LogP contribution in [0.5, 0.6) is 0 Å². The molecule has 3 aromatic carbocycles. The summed E-state index contributed by atoms with van der Waals surface area (Å²) in [6, 6.07) is 23.5. The topological polar surface area (TPSA) is 63.4 Å². The van der Waals surface area contributed by atoms with E-state index in [0.717, 1.165) is 0 Å². The molecule has 4 heteroatoms. The second kappa shape index (κ2) is 5.32. The Hall–Kier alpha value is -3.40. The van der Waals surface area contributed by atoms with E-state index in [1.54, 1.807) is 24.3 Å². The number of imide groups is 1. The van der Waals surface area contributed by atoms with Crippen LogP contribution in [0.25, 0.3) is 0 Å². The quantitative estimate of drug-likeness (QED) is 0.528. The first-order chi connectivity index (χ1) is 13.7. The van der Waals surface area contributed by atoms with Crippen LogP contribution in [0.3, 0.4) is 0 Å². The summed E-state index contributed by atoms with van der Waals surface area (Å²) in [5, 5.41) is 0. The summed E-state index contributed by atoms with van der Waals surface area (Å²) in [7, 11) is 0. The Morgan fingerprint density at radius 3 is 1.39 bits per heavy atom. The lowest BCUT2D eigenvalue weighted by Gasteiger charge is -2.45. The monoisotopic (exact) mass is 366 g/mol. The Bertz CT molecular complexity index is 1040. The molecule has 3 aromatic rings. The van der Waals surface area contributed by atoms with Gasteiger partial charge in [-0.1, -0.05) is 48.5 Å². The highest BCUT2D eigenvalue weighted by Crippen LogP contribution is 2.61. The highest BCUT2D eigenvalue weighted by molar-refractivity contribution is 6.23. The first kappa shape index (κ1) is 15.6. The molecule has 7 rings (SSSR count). The molecule has 1 fully saturated rings. The van der Waals surface area contributed by atoms with Gasteiger partial charge in [-0.05, 0) is 46.5 Å². The van der Waals surface area contributed by atoms with Gasteiger partial charge in [-0.3, -0.25) is 9.59 Å². The maximum Gasteiger partial charge on any atom is 0.238 e. The van der Waals surface area contributed by atoms with Crippen molar-refractivity contribution in [1.29, 1.82) is 0 Å². The molecule has 28 heavy (non-hydrogen) atoms. The highest BCUT2D eigenvalue weighted by Gasteiger charge is 2.61. The van der Waals surface area contributed by atoms with Gasteiger partial charge in [0.15, 0.2) is 0 Å². The average Bonchev–Trinajstić information content (AvgIpc) is 3.00. The van der Waals surface area contributed by atoms with E-state index in [-0.39, 0.29) is 35.5 Å². The first-order valence-electron chi connectivity index (χ1n) is 9.58. The fourth-order valence-corrected chi connectivity index (χ4v) is 5.56. The number of amides is 2. The van der Waals surface area contributed by atoms with Crippen molar-refractivity contribution < 1.29 is 9.59 Å². The Balaban J connectivity index is 1.57. The van der Waals surface area contributed by atoms with Crippen molar-refractivity contribution in [2.45, 2.75) is 11.8 Å². The maximum absolute atomic E-state index is 13.5. The van der Waals surface area contributed by atoms with E-state index in [1.807, 2.05) is 24.3 Å². The molecule has 0 radical (unpaired) electrons. The number of anilines is 2. The minimum Gasteiger partial charge on any atom is -0.399 e. The molecule has 4 aliphatic rings. The first-order valence-corrected chi connectivity index (χ1v) is 9.58. The fourth-order valence-electron chi connectivity index (χ4n) is 5.56. The average molecular weight is 366 g/mol. The summed E-state index contributed by atoms with van der Waals surface area (Å²) in [4.78, 5) is 28.4. The SMILES string of the molecule is Nc1ccc(N2C(=O)C3C4c5ccccc5C(c5ccccc54)[C@@H]3C2=O)cc1. The standard InChI is InChI=1S/C24H18N2O2/c25-13-9-11-14(12-10-13)26-23(27)21-19-15-5-1-2-6-16(15)20(22(21)24(26)28)18-8-4-3-7-17(18)19/h1-12,19-22H,25H2/t19?,20?,21-,22?/m0/s1. The van der Waals surface area contributed by atoms with Gasteiger partial charge in [-0.15, -0.1) is 0 Å². The van der Waals surface area contributed by atoms with Gasteiger partial charge in [0.05, 0.1) is 17.5 Å². The molecule has 0 aromatic heterocycles. The van der Waals surface area contributed by atoms with Crippen LogP contribution in [-0.2, 0) is 9.59 Å². The lowest BCUT2D eigenvalue weighted by atomic mass is 9.55. The van der Waals surface area contributed by atoms with E-state index in [4.69, 9.17) is 5.73 Å². The Morgan fingerprint density at radius 2 is 1.00 bits per heavy atom. The molecule has 1 unspecified atom stereocenters.